The quantitative estimate of drug-likeness (QED) is 0.596. The van der Waals surface area contributed by atoms with Crippen molar-refractivity contribution in [3.05, 3.63) is 77.5 Å². The first kappa shape index (κ1) is 18.0. The molecule has 4 rings (SSSR count). The Bertz CT molecular complexity index is 911. The molecule has 0 amide bonds. The summed E-state index contributed by atoms with van der Waals surface area (Å²) in [6.07, 6.45) is 6.90. The summed E-state index contributed by atoms with van der Waals surface area (Å²) in [5, 5.41) is 10.9. The van der Waals surface area contributed by atoms with Gasteiger partial charge in [-0.1, -0.05) is 54.6 Å². The van der Waals surface area contributed by atoms with Crippen LogP contribution in [-0.4, -0.2) is 34.6 Å². The third kappa shape index (κ3) is 4.15. The van der Waals surface area contributed by atoms with Crippen molar-refractivity contribution in [1.82, 2.24) is 9.88 Å². The number of H-pyrrole nitrogens is 1. The molecule has 3 heteroatoms. The smallest absolute Gasteiger partial charge is 0.0834 e. The van der Waals surface area contributed by atoms with Gasteiger partial charge in [0, 0.05) is 29.7 Å². The second-order valence-electron chi connectivity index (χ2n) is 7.39. The van der Waals surface area contributed by atoms with Gasteiger partial charge in [-0.05, 0) is 55.0 Å². The molecule has 0 atom stereocenters. The molecule has 0 saturated carbocycles. The molecule has 3 aromatic rings. The average molecular weight is 361 g/mol. The lowest BCUT2D eigenvalue weighted by molar-refractivity contribution is 0.276. The topological polar surface area (TPSA) is 39.3 Å². The minimum absolute atomic E-state index is 0.0865. The summed E-state index contributed by atoms with van der Waals surface area (Å²) in [5.74, 6) is 0. The second-order valence-corrected chi connectivity index (χ2v) is 7.39. The third-order valence-corrected chi connectivity index (χ3v) is 5.65. The van der Waals surface area contributed by atoms with E-state index in [4.69, 9.17) is 0 Å². The molecule has 0 saturated heterocycles. The number of fused-ring (bicyclic) bond motifs is 1. The summed E-state index contributed by atoms with van der Waals surface area (Å²) < 4.78 is 0. The number of aryl methyl sites for hydroxylation is 1. The summed E-state index contributed by atoms with van der Waals surface area (Å²) in [4.78, 5) is 5.91. The Morgan fingerprint density at radius 3 is 2.56 bits per heavy atom. The lowest BCUT2D eigenvalue weighted by atomic mass is 9.99. The number of aliphatic hydroxyl groups excluding tert-OH is 1. The fraction of sp³-hybridized carbons (Fsp3) is 0.333. The molecule has 3 nitrogen and oxygen atoms in total. The number of aromatic nitrogens is 1. The van der Waals surface area contributed by atoms with Crippen molar-refractivity contribution in [1.29, 1.82) is 0 Å². The highest BCUT2D eigenvalue weighted by Gasteiger charge is 2.13. The maximum absolute atomic E-state index is 9.65. The van der Waals surface area contributed by atoms with E-state index in [0.717, 1.165) is 50.1 Å². The van der Waals surface area contributed by atoms with Crippen molar-refractivity contribution >= 4 is 16.5 Å². The Morgan fingerprint density at radius 1 is 0.963 bits per heavy atom. The van der Waals surface area contributed by atoms with Gasteiger partial charge in [0.05, 0.1) is 6.61 Å². The van der Waals surface area contributed by atoms with Gasteiger partial charge in [0.1, 0.15) is 0 Å². The van der Waals surface area contributed by atoms with Crippen molar-refractivity contribution in [3.8, 4) is 0 Å². The van der Waals surface area contributed by atoms with E-state index in [-0.39, 0.29) is 6.61 Å². The van der Waals surface area contributed by atoms with Crippen molar-refractivity contribution in [2.75, 3.05) is 19.6 Å². The molecular weight excluding hydrogens is 332 g/mol. The van der Waals surface area contributed by atoms with E-state index in [2.05, 4.69) is 64.5 Å². The highest BCUT2D eigenvalue weighted by Crippen LogP contribution is 2.25. The standard InChI is InChI=1S/C24H28N2O/c27-18-24-22(21-10-4-5-12-23(21)25-24)11-6-7-15-26-16-13-20(14-17-26)19-8-2-1-3-9-19/h1-5,8-10,12-13,25,27H,6-7,11,14-18H2. The summed E-state index contributed by atoms with van der Waals surface area (Å²) in [5.41, 5.74) is 6.25. The van der Waals surface area contributed by atoms with Crippen molar-refractivity contribution < 1.29 is 5.11 Å². The largest absolute Gasteiger partial charge is 0.390 e. The number of unbranched alkanes of at least 4 members (excludes halogenated alkanes) is 1. The summed E-state index contributed by atoms with van der Waals surface area (Å²) >= 11 is 0. The molecule has 1 aliphatic rings. The Balaban J connectivity index is 1.29. The van der Waals surface area contributed by atoms with Crippen molar-refractivity contribution in [3.63, 3.8) is 0 Å². The number of hydrogen-bond donors (Lipinski definition) is 2. The van der Waals surface area contributed by atoms with Crippen LogP contribution in [0, 0.1) is 0 Å². The minimum Gasteiger partial charge on any atom is -0.390 e. The van der Waals surface area contributed by atoms with E-state index in [9.17, 15) is 5.11 Å². The van der Waals surface area contributed by atoms with Crippen LogP contribution in [-0.2, 0) is 13.0 Å². The molecule has 0 unspecified atom stereocenters. The van der Waals surface area contributed by atoms with Crippen LogP contribution in [0.4, 0.5) is 0 Å². The van der Waals surface area contributed by atoms with E-state index < -0.39 is 0 Å². The van der Waals surface area contributed by atoms with Gasteiger partial charge in [-0.25, -0.2) is 0 Å². The number of benzene rings is 2. The lowest BCUT2D eigenvalue weighted by Crippen LogP contribution is -2.29. The van der Waals surface area contributed by atoms with Gasteiger partial charge in [0.2, 0.25) is 0 Å². The number of hydrogen-bond acceptors (Lipinski definition) is 2. The van der Waals surface area contributed by atoms with Crippen molar-refractivity contribution in [2.45, 2.75) is 32.3 Å². The van der Waals surface area contributed by atoms with Gasteiger partial charge in [-0.3, -0.25) is 4.90 Å². The van der Waals surface area contributed by atoms with Crippen LogP contribution < -0.4 is 0 Å². The molecule has 2 heterocycles. The van der Waals surface area contributed by atoms with Gasteiger partial charge < -0.3 is 10.1 Å². The number of aliphatic hydroxyl groups is 1. The first-order valence-corrected chi connectivity index (χ1v) is 10.0. The van der Waals surface area contributed by atoms with E-state index in [1.54, 1.807) is 0 Å². The average Bonchev–Trinajstić information content (AvgIpc) is 3.10. The molecule has 1 aromatic heterocycles. The number of nitrogens with one attached hydrogen (secondary N) is 1. The summed E-state index contributed by atoms with van der Waals surface area (Å²) in [6, 6.07) is 19.1. The van der Waals surface area contributed by atoms with E-state index in [1.807, 2.05) is 6.07 Å². The zero-order valence-electron chi connectivity index (χ0n) is 15.8. The molecule has 1 aliphatic heterocycles. The van der Waals surface area contributed by atoms with Crippen LogP contribution in [0.2, 0.25) is 0 Å². The Morgan fingerprint density at radius 2 is 1.78 bits per heavy atom. The molecule has 0 bridgehead atoms. The summed E-state index contributed by atoms with van der Waals surface area (Å²) in [7, 11) is 0. The predicted molar refractivity (Wildman–Crippen MR) is 113 cm³/mol. The van der Waals surface area contributed by atoms with Crippen LogP contribution in [0.5, 0.6) is 0 Å². The highest BCUT2D eigenvalue weighted by atomic mass is 16.3. The number of nitrogens with zero attached hydrogens (tertiary/aromatic N) is 1. The Labute approximate surface area is 161 Å². The molecule has 0 fully saturated rings. The molecular formula is C24H28N2O. The van der Waals surface area contributed by atoms with Gasteiger partial charge in [0.15, 0.2) is 0 Å². The maximum atomic E-state index is 9.65. The van der Waals surface area contributed by atoms with Crippen LogP contribution in [0.1, 0.15) is 36.1 Å². The number of para-hydroxylation sites is 1. The highest BCUT2D eigenvalue weighted by molar-refractivity contribution is 5.84. The number of aromatic amines is 1. The Kier molecular flexibility index (Phi) is 5.71. The molecule has 27 heavy (non-hydrogen) atoms. The van der Waals surface area contributed by atoms with Crippen LogP contribution in [0.3, 0.4) is 0 Å². The second kappa shape index (κ2) is 8.55. The van der Waals surface area contributed by atoms with E-state index in [1.165, 1.54) is 28.5 Å². The van der Waals surface area contributed by atoms with E-state index in [0.29, 0.717) is 0 Å². The molecule has 0 spiro atoms. The monoisotopic (exact) mass is 360 g/mol. The van der Waals surface area contributed by atoms with Crippen LogP contribution >= 0.6 is 0 Å². The van der Waals surface area contributed by atoms with Gasteiger partial charge in [0.25, 0.3) is 0 Å². The Hall–Kier alpha value is -2.36. The molecule has 0 radical (unpaired) electrons. The first-order chi connectivity index (χ1) is 13.3. The van der Waals surface area contributed by atoms with Gasteiger partial charge in [-0.15, -0.1) is 0 Å². The SMILES string of the molecule is OCc1[nH]c2ccccc2c1CCCCN1CC=C(c2ccccc2)CC1. The molecule has 2 aromatic carbocycles. The summed E-state index contributed by atoms with van der Waals surface area (Å²) in [6.45, 7) is 3.44. The molecule has 140 valence electrons. The fourth-order valence-corrected chi connectivity index (χ4v) is 4.14. The van der Waals surface area contributed by atoms with Crippen LogP contribution in [0.25, 0.3) is 16.5 Å². The van der Waals surface area contributed by atoms with Gasteiger partial charge >= 0.3 is 0 Å². The number of rotatable bonds is 7. The zero-order valence-corrected chi connectivity index (χ0v) is 15.8. The minimum atomic E-state index is 0.0865. The fourth-order valence-electron chi connectivity index (χ4n) is 4.14. The normalized spacial score (nSPS) is 15.2. The third-order valence-electron chi connectivity index (χ3n) is 5.65. The first-order valence-electron chi connectivity index (χ1n) is 10.0. The predicted octanol–water partition coefficient (Wildman–Crippen LogP) is 4.77. The molecule has 2 N–H and O–H groups in total. The molecule has 0 aliphatic carbocycles. The van der Waals surface area contributed by atoms with Crippen molar-refractivity contribution in [2.24, 2.45) is 0 Å². The lowest BCUT2D eigenvalue weighted by Gasteiger charge is -2.26. The maximum Gasteiger partial charge on any atom is 0.0834 e. The van der Waals surface area contributed by atoms with Gasteiger partial charge in [-0.2, -0.15) is 0 Å². The van der Waals surface area contributed by atoms with E-state index >= 15 is 0 Å². The zero-order chi connectivity index (χ0) is 18.5. The van der Waals surface area contributed by atoms with Crippen LogP contribution in [0.15, 0.2) is 60.7 Å².